The van der Waals surface area contributed by atoms with E-state index >= 15 is 0 Å². The Morgan fingerprint density at radius 3 is 2.37 bits per heavy atom. The first-order valence-electron chi connectivity index (χ1n) is 9.82. The Morgan fingerprint density at radius 2 is 1.74 bits per heavy atom. The Hall–Kier alpha value is -2.21. The zero-order chi connectivity index (χ0) is 19.7. The highest BCUT2D eigenvalue weighted by atomic mass is 16.2. The molecule has 0 aliphatic carbocycles. The number of likely N-dealkylation sites (N-methyl/N-ethyl adjacent to an activating group) is 1. The maximum atomic E-state index is 13.5. The number of benzene rings is 1. The SMILES string of the molecule is CC(C)C[C@H]1[NH2+][C@]2(C(=O)N(C)c3ccccc32)[C@@H]2C(=O)N(C(C)C)C(=O)[C@@H]21. The van der Waals surface area contributed by atoms with Crippen molar-refractivity contribution >= 4 is 23.4 Å². The van der Waals surface area contributed by atoms with Crippen LogP contribution in [-0.2, 0) is 19.9 Å². The molecule has 0 bridgehead atoms. The first kappa shape index (κ1) is 18.2. The molecule has 144 valence electrons. The van der Waals surface area contributed by atoms with Gasteiger partial charge in [-0.25, -0.2) is 0 Å². The highest BCUT2D eigenvalue weighted by molar-refractivity contribution is 6.14. The summed E-state index contributed by atoms with van der Waals surface area (Å²) in [4.78, 5) is 43.2. The maximum absolute atomic E-state index is 13.5. The summed E-state index contributed by atoms with van der Waals surface area (Å²) in [5.41, 5.74) is 0.683. The van der Waals surface area contributed by atoms with Crippen molar-refractivity contribution in [2.24, 2.45) is 17.8 Å². The normalized spacial score (nSPS) is 32.4. The van der Waals surface area contributed by atoms with Gasteiger partial charge in [0, 0.05) is 25.1 Å². The molecule has 4 atom stereocenters. The van der Waals surface area contributed by atoms with E-state index in [4.69, 9.17) is 0 Å². The van der Waals surface area contributed by atoms with Crippen LogP contribution < -0.4 is 10.2 Å². The molecule has 0 aromatic heterocycles. The molecule has 6 nitrogen and oxygen atoms in total. The largest absolute Gasteiger partial charge is 0.326 e. The molecule has 4 rings (SSSR count). The Morgan fingerprint density at radius 1 is 1.07 bits per heavy atom. The summed E-state index contributed by atoms with van der Waals surface area (Å²) in [6, 6.07) is 7.41. The molecule has 27 heavy (non-hydrogen) atoms. The minimum absolute atomic E-state index is 0.0706. The number of carbonyl (C=O) groups is 3. The third-order valence-electron chi connectivity index (χ3n) is 6.44. The monoisotopic (exact) mass is 370 g/mol. The topological polar surface area (TPSA) is 74.3 Å². The lowest BCUT2D eigenvalue weighted by atomic mass is 9.76. The third-order valence-corrected chi connectivity index (χ3v) is 6.44. The van der Waals surface area contributed by atoms with Gasteiger partial charge in [0.05, 0.1) is 5.69 Å². The van der Waals surface area contributed by atoms with Crippen molar-refractivity contribution in [1.82, 2.24) is 4.90 Å². The number of rotatable bonds is 3. The zero-order valence-electron chi connectivity index (χ0n) is 16.6. The molecule has 6 heteroatoms. The quantitative estimate of drug-likeness (QED) is 0.802. The summed E-state index contributed by atoms with van der Waals surface area (Å²) < 4.78 is 0. The molecule has 2 saturated heterocycles. The summed E-state index contributed by atoms with van der Waals surface area (Å²) in [6.45, 7) is 7.96. The number of nitrogens with two attached hydrogens (primary N) is 1. The van der Waals surface area contributed by atoms with Crippen LogP contribution in [0.15, 0.2) is 24.3 Å². The fourth-order valence-electron chi connectivity index (χ4n) is 5.52. The van der Waals surface area contributed by atoms with Gasteiger partial charge in [0.1, 0.15) is 17.9 Å². The van der Waals surface area contributed by atoms with Crippen LogP contribution in [0.2, 0.25) is 0 Å². The van der Waals surface area contributed by atoms with Crippen molar-refractivity contribution in [3.8, 4) is 0 Å². The van der Waals surface area contributed by atoms with E-state index in [1.54, 1.807) is 11.9 Å². The molecule has 3 aliphatic heterocycles. The molecule has 0 unspecified atom stereocenters. The molecule has 1 aromatic carbocycles. The van der Waals surface area contributed by atoms with Gasteiger partial charge in [0.2, 0.25) is 17.4 Å². The van der Waals surface area contributed by atoms with Crippen LogP contribution in [0, 0.1) is 17.8 Å². The Balaban J connectivity index is 1.91. The number of likely N-dealkylation sites (tertiary alicyclic amines) is 1. The third kappa shape index (κ3) is 2.19. The molecule has 3 heterocycles. The number of nitrogens with zero attached hydrogens (tertiary/aromatic N) is 2. The second-order valence-corrected chi connectivity index (χ2v) is 8.85. The van der Waals surface area contributed by atoms with Gasteiger partial charge in [0.25, 0.3) is 5.91 Å². The van der Waals surface area contributed by atoms with Crippen LogP contribution in [0.4, 0.5) is 5.69 Å². The summed E-state index contributed by atoms with van der Waals surface area (Å²) in [6.07, 6.45) is 0.799. The van der Waals surface area contributed by atoms with Crippen LogP contribution in [0.1, 0.15) is 39.7 Å². The van der Waals surface area contributed by atoms with Crippen LogP contribution in [0.3, 0.4) is 0 Å². The van der Waals surface area contributed by atoms with E-state index in [1.165, 1.54) is 4.90 Å². The fourth-order valence-corrected chi connectivity index (χ4v) is 5.52. The standard InChI is InChI=1S/C21H27N3O3/c1-11(2)10-14-16-17(19(26)24(12(3)4)18(16)25)21(22-14)13-8-6-7-9-15(13)23(5)20(21)27/h6-9,11-12,14,16-17,22H,10H2,1-5H3/p+1/t14-,16-,17+,21+/m1/s1. The molecule has 3 amide bonds. The predicted molar refractivity (Wildman–Crippen MR) is 101 cm³/mol. The van der Waals surface area contributed by atoms with Crippen molar-refractivity contribution in [3.05, 3.63) is 29.8 Å². The van der Waals surface area contributed by atoms with Crippen LogP contribution >= 0.6 is 0 Å². The predicted octanol–water partition coefficient (Wildman–Crippen LogP) is 0.860. The Labute approximate surface area is 159 Å². The van der Waals surface area contributed by atoms with Crippen LogP contribution in [0.5, 0.6) is 0 Å². The van der Waals surface area contributed by atoms with E-state index in [0.717, 1.165) is 17.7 Å². The van der Waals surface area contributed by atoms with E-state index in [0.29, 0.717) is 5.92 Å². The number of quaternary nitrogens is 1. The molecule has 1 aromatic rings. The second-order valence-electron chi connectivity index (χ2n) is 8.85. The summed E-state index contributed by atoms with van der Waals surface area (Å²) in [5, 5.41) is 2.04. The van der Waals surface area contributed by atoms with E-state index < -0.39 is 17.4 Å². The average Bonchev–Trinajstić information content (AvgIpc) is 3.14. The number of imide groups is 1. The van der Waals surface area contributed by atoms with Crippen molar-refractivity contribution < 1.29 is 19.7 Å². The minimum atomic E-state index is -1.02. The van der Waals surface area contributed by atoms with Gasteiger partial charge >= 0.3 is 0 Å². The second kappa shape index (κ2) is 5.89. The molecule has 2 N–H and O–H groups in total. The number of hydrogen-bond acceptors (Lipinski definition) is 3. The summed E-state index contributed by atoms with van der Waals surface area (Å²) in [7, 11) is 1.76. The molecule has 1 spiro atoms. The lowest BCUT2D eigenvalue weighted by Gasteiger charge is -2.28. The van der Waals surface area contributed by atoms with E-state index in [9.17, 15) is 14.4 Å². The lowest BCUT2D eigenvalue weighted by molar-refractivity contribution is -0.734. The van der Waals surface area contributed by atoms with Crippen molar-refractivity contribution in [1.29, 1.82) is 0 Å². The molecule has 3 aliphatic rings. The van der Waals surface area contributed by atoms with Gasteiger partial charge in [-0.1, -0.05) is 32.0 Å². The minimum Gasteiger partial charge on any atom is -0.326 e. The number of para-hydroxylation sites is 1. The van der Waals surface area contributed by atoms with Crippen LogP contribution in [0.25, 0.3) is 0 Å². The van der Waals surface area contributed by atoms with E-state index in [2.05, 4.69) is 13.8 Å². The Kier molecular flexibility index (Phi) is 3.97. The molecular formula is C21H28N3O3+. The highest BCUT2D eigenvalue weighted by Gasteiger charge is 2.75. The summed E-state index contributed by atoms with van der Waals surface area (Å²) >= 11 is 0. The van der Waals surface area contributed by atoms with Crippen molar-refractivity contribution in [3.63, 3.8) is 0 Å². The first-order chi connectivity index (χ1) is 12.7. The van der Waals surface area contributed by atoms with Crippen LogP contribution in [-0.4, -0.2) is 41.8 Å². The van der Waals surface area contributed by atoms with E-state index in [-0.39, 0.29) is 29.8 Å². The van der Waals surface area contributed by atoms with E-state index in [1.807, 2.05) is 43.4 Å². The highest BCUT2D eigenvalue weighted by Crippen LogP contribution is 2.51. The lowest BCUT2D eigenvalue weighted by Crippen LogP contribution is -2.99. The number of anilines is 1. The number of carbonyl (C=O) groups excluding carboxylic acids is 3. The van der Waals surface area contributed by atoms with Gasteiger partial charge in [0.15, 0.2) is 0 Å². The van der Waals surface area contributed by atoms with Crippen molar-refractivity contribution in [2.75, 3.05) is 11.9 Å². The zero-order valence-corrected chi connectivity index (χ0v) is 16.6. The number of hydrogen-bond donors (Lipinski definition) is 1. The Bertz CT molecular complexity index is 834. The van der Waals surface area contributed by atoms with Gasteiger partial charge in [-0.2, -0.15) is 0 Å². The summed E-state index contributed by atoms with van der Waals surface area (Å²) in [5.74, 6) is -1.08. The average molecular weight is 370 g/mol. The molecular weight excluding hydrogens is 342 g/mol. The number of amides is 3. The smallest absolute Gasteiger partial charge is 0.293 e. The number of fused-ring (bicyclic) bond motifs is 4. The van der Waals surface area contributed by atoms with Gasteiger partial charge < -0.3 is 10.2 Å². The maximum Gasteiger partial charge on any atom is 0.293 e. The van der Waals surface area contributed by atoms with Gasteiger partial charge in [-0.15, -0.1) is 0 Å². The molecule has 0 radical (unpaired) electrons. The fraction of sp³-hybridized carbons (Fsp3) is 0.571. The molecule has 0 saturated carbocycles. The molecule has 2 fully saturated rings. The van der Waals surface area contributed by atoms with Gasteiger partial charge in [-0.3, -0.25) is 19.3 Å². The first-order valence-corrected chi connectivity index (χ1v) is 9.82. The van der Waals surface area contributed by atoms with Gasteiger partial charge in [-0.05, 0) is 25.8 Å². The van der Waals surface area contributed by atoms with Crippen molar-refractivity contribution in [2.45, 2.75) is 51.7 Å².